The lowest BCUT2D eigenvalue weighted by Gasteiger charge is -2.32. The van der Waals surface area contributed by atoms with Crippen LogP contribution in [0.4, 0.5) is 5.69 Å². The fourth-order valence-corrected chi connectivity index (χ4v) is 4.99. The molecule has 4 rings (SSSR count). The molecular weight excluding hydrogens is 476 g/mol. The van der Waals surface area contributed by atoms with E-state index in [1.54, 1.807) is 60.7 Å². The zero-order chi connectivity index (χ0) is 24.1. The molecule has 7 nitrogen and oxygen atoms in total. The number of piperidine rings is 1. The van der Waals surface area contributed by atoms with Gasteiger partial charge in [-0.3, -0.25) is 9.52 Å². The molecule has 0 saturated carbocycles. The third-order valence-corrected chi connectivity index (χ3v) is 7.21. The number of ether oxygens (including phenoxy) is 2. The monoisotopic (exact) mass is 500 g/mol. The molecule has 3 aromatic rings. The summed E-state index contributed by atoms with van der Waals surface area (Å²) >= 11 is 6.00. The zero-order valence-electron chi connectivity index (χ0n) is 18.6. The Hall–Kier alpha value is -3.23. The van der Waals surface area contributed by atoms with Crippen molar-refractivity contribution >= 4 is 33.2 Å². The number of hydrogen-bond acceptors (Lipinski definition) is 5. The van der Waals surface area contributed by atoms with Crippen LogP contribution in [0.25, 0.3) is 0 Å². The Kier molecular flexibility index (Phi) is 7.29. The van der Waals surface area contributed by atoms with Gasteiger partial charge in [-0.2, -0.15) is 0 Å². The summed E-state index contributed by atoms with van der Waals surface area (Å²) in [5, 5.41) is 0.541. The summed E-state index contributed by atoms with van der Waals surface area (Å²) in [5.41, 5.74) is 1.02. The number of hydrogen-bond donors (Lipinski definition) is 1. The molecule has 0 aromatic heterocycles. The highest BCUT2D eigenvalue weighted by atomic mass is 35.5. The SMILES string of the molecule is COc1ccc(S(=O)(=O)Nc2ccc(OC3CCN(C(=O)c4cccc(Cl)c4)CC3)cc2)cc1. The van der Waals surface area contributed by atoms with Crippen LogP contribution in [0.15, 0.2) is 77.7 Å². The molecule has 1 aliphatic heterocycles. The lowest BCUT2D eigenvalue weighted by Crippen LogP contribution is -2.41. The number of halogens is 1. The highest BCUT2D eigenvalue weighted by molar-refractivity contribution is 7.92. The summed E-state index contributed by atoms with van der Waals surface area (Å²) < 4.78 is 38.9. The second-order valence-corrected chi connectivity index (χ2v) is 10.0. The van der Waals surface area contributed by atoms with Crippen LogP contribution in [0.1, 0.15) is 23.2 Å². The molecule has 0 bridgehead atoms. The van der Waals surface area contributed by atoms with Crippen molar-refractivity contribution in [2.24, 2.45) is 0 Å². The average molecular weight is 501 g/mol. The first-order chi connectivity index (χ1) is 16.3. The molecule has 1 heterocycles. The van der Waals surface area contributed by atoms with E-state index in [1.165, 1.54) is 19.2 Å². The number of carbonyl (C=O) groups excluding carboxylic acids is 1. The maximum absolute atomic E-state index is 12.7. The smallest absolute Gasteiger partial charge is 0.261 e. The Morgan fingerprint density at radius 2 is 1.62 bits per heavy atom. The minimum absolute atomic E-state index is 0.0229. The lowest BCUT2D eigenvalue weighted by atomic mass is 10.1. The second-order valence-electron chi connectivity index (χ2n) is 7.93. The summed E-state index contributed by atoms with van der Waals surface area (Å²) in [7, 11) is -2.19. The van der Waals surface area contributed by atoms with E-state index in [0.29, 0.717) is 53.7 Å². The van der Waals surface area contributed by atoms with Crippen LogP contribution in [-0.4, -0.2) is 45.5 Å². The third-order valence-electron chi connectivity index (χ3n) is 5.58. The number of amides is 1. The third kappa shape index (κ3) is 5.81. The van der Waals surface area contributed by atoms with Gasteiger partial charge in [-0.05, 0) is 66.7 Å². The molecule has 0 aliphatic carbocycles. The van der Waals surface area contributed by atoms with Crippen LogP contribution in [0.5, 0.6) is 11.5 Å². The van der Waals surface area contributed by atoms with Crippen molar-refractivity contribution < 1.29 is 22.7 Å². The summed E-state index contributed by atoms with van der Waals surface area (Å²) in [4.78, 5) is 14.6. The number of sulfonamides is 1. The number of nitrogens with zero attached hydrogens (tertiary/aromatic N) is 1. The van der Waals surface area contributed by atoms with Crippen LogP contribution in [0.3, 0.4) is 0 Å². The first-order valence-electron chi connectivity index (χ1n) is 10.8. The van der Waals surface area contributed by atoms with E-state index in [2.05, 4.69) is 4.72 Å². The standard InChI is InChI=1S/C25H25ClN2O5S/c1-32-21-9-11-24(12-10-21)34(30,31)27-20-5-7-22(8-6-20)33-23-13-15-28(16-14-23)25(29)18-3-2-4-19(26)17-18/h2-12,17,23,27H,13-16H2,1H3. The Morgan fingerprint density at radius 3 is 2.24 bits per heavy atom. The van der Waals surface area contributed by atoms with E-state index >= 15 is 0 Å². The van der Waals surface area contributed by atoms with Gasteiger partial charge in [0.15, 0.2) is 0 Å². The second kappa shape index (κ2) is 10.4. The molecule has 1 saturated heterocycles. The average Bonchev–Trinajstić information content (AvgIpc) is 2.85. The topological polar surface area (TPSA) is 84.9 Å². The number of carbonyl (C=O) groups is 1. The predicted molar refractivity (Wildman–Crippen MR) is 131 cm³/mol. The van der Waals surface area contributed by atoms with E-state index in [9.17, 15) is 13.2 Å². The van der Waals surface area contributed by atoms with Crippen LogP contribution in [-0.2, 0) is 10.0 Å². The molecule has 178 valence electrons. The van der Waals surface area contributed by atoms with E-state index in [1.807, 2.05) is 4.90 Å². The molecule has 0 spiro atoms. The fourth-order valence-electron chi connectivity index (χ4n) is 3.74. The van der Waals surface area contributed by atoms with Gasteiger partial charge in [0.05, 0.1) is 12.0 Å². The summed E-state index contributed by atoms with van der Waals surface area (Å²) in [6, 6.07) is 19.9. The highest BCUT2D eigenvalue weighted by Gasteiger charge is 2.25. The molecule has 34 heavy (non-hydrogen) atoms. The molecule has 1 N–H and O–H groups in total. The van der Waals surface area contributed by atoms with Gasteiger partial charge in [-0.25, -0.2) is 8.42 Å². The summed E-state index contributed by atoms with van der Waals surface area (Å²) in [5.74, 6) is 1.20. The maximum Gasteiger partial charge on any atom is 0.261 e. The molecule has 0 unspecified atom stereocenters. The Balaban J connectivity index is 1.30. The van der Waals surface area contributed by atoms with Gasteiger partial charge in [0, 0.05) is 42.2 Å². The van der Waals surface area contributed by atoms with E-state index < -0.39 is 10.0 Å². The molecule has 1 amide bonds. The molecule has 0 atom stereocenters. The van der Waals surface area contributed by atoms with Crippen molar-refractivity contribution in [3.8, 4) is 11.5 Å². The zero-order valence-corrected chi connectivity index (χ0v) is 20.2. The first kappa shape index (κ1) is 23.9. The van der Waals surface area contributed by atoms with Gasteiger partial charge in [-0.15, -0.1) is 0 Å². The number of benzene rings is 3. The quantitative estimate of drug-likeness (QED) is 0.502. The minimum Gasteiger partial charge on any atom is -0.497 e. The van der Waals surface area contributed by atoms with Gasteiger partial charge >= 0.3 is 0 Å². The van der Waals surface area contributed by atoms with Crippen LogP contribution in [0, 0.1) is 0 Å². The Labute approximate surface area is 204 Å². The predicted octanol–water partition coefficient (Wildman–Crippen LogP) is 4.83. The van der Waals surface area contributed by atoms with Gasteiger partial charge in [0.1, 0.15) is 17.6 Å². The molecular formula is C25H25ClN2O5S. The largest absolute Gasteiger partial charge is 0.497 e. The summed E-state index contributed by atoms with van der Waals surface area (Å²) in [6.45, 7) is 1.19. The summed E-state index contributed by atoms with van der Waals surface area (Å²) in [6.07, 6.45) is 1.39. The van der Waals surface area contributed by atoms with Crippen LogP contribution < -0.4 is 14.2 Å². The minimum atomic E-state index is -3.71. The highest BCUT2D eigenvalue weighted by Crippen LogP contribution is 2.24. The van der Waals surface area contributed by atoms with Crippen molar-refractivity contribution in [2.75, 3.05) is 24.9 Å². The number of rotatable bonds is 7. The Morgan fingerprint density at radius 1 is 0.971 bits per heavy atom. The van der Waals surface area contributed by atoms with E-state index in [4.69, 9.17) is 21.1 Å². The van der Waals surface area contributed by atoms with E-state index in [-0.39, 0.29) is 16.9 Å². The normalized spacial score (nSPS) is 14.5. The fraction of sp³-hybridized carbons (Fsp3) is 0.240. The molecule has 3 aromatic carbocycles. The van der Waals surface area contributed by atoms with Crippen molar-refractivity contribution in [3.05, 3.63) is 83.4 Å². The van der Waals surface area contributed by atoms with Gasteiger partial charge < -0.3 is 14.4 Å². The first-order valence-corrected chi connectivity index (χ1v) is 12.7. The molecule has 0 radical (unpaired) electrons. The Bertz CT molecular complexity index is 1240. The number of likely N-dealkylation sites (tertiary alicyclic amines) is 1. The molecule has 1 fully saturated rings. The van der Waals surface area contributed by atoms with Gasteiger partial charge in [-0.1, -0.05) is 17.7 Å². The number of methoxy groups -OCH3 is 1. The number of anilines is 1. The lowest BCUT2D eigenvalue weighted by molar-refractivity contribution is 0.0595. The van der Waals surface area contributed by atoms with Crippen molar-refractivity contribution in [1.82, 2.24) is 4.90 Å². The number of nitrogens with one attached hydrogen (secondary N) is 1. The van der Waals surface area contributed by atoms with Gasteiger partial charge in [0.25, 0.3) is 15.9 Å². The van der Waals surface area contributed by atoms with Gasteiger partial charge in [0.2, 0.25) is 0 Å². The van der Waals surface area contributed by atoms with Crippen molar-refractivity contribution in [2.45, 2.75) is 23.8 Å². The van der Waals surface area contributed by atoms with E-state index in [0.717, 1.165) is 0 Å². The molecule has 9 heteroatoms. The van der Waals surface area contributed by atoms with Crippen LogP contribution >= 0.6 is 11.6 Å². The van der Waals surface area contributed by atoms with Crippen LogP contribution in [0.2, 0.25) is 5.02 Å². The van der Waals surface area contributed by atoms with Crippen molar-refractivity contribution in [1.29, 1.82) is 0 Å². The molecule has 1 aliphatic rings. The van der Waals surface area contributed by atoms with Crippen molar-refractivity contribution in [3.63, 3.8) is 0 Å². The maximum atomic E-state index is 12.7.